The highest BCUT2D eigenvalue weighted by Gasteiger charge is 2.38. The van der Waals surface area contributed by atoms with Crippen molar-refractivity contribution in [2.24, 2.45) is 0 Å². The van der Waals surface area contributed by atoms with E-state index in [4.69, 9.17) is 0 Å². The molecule has 4 aromatic carbocycles. The minimum Gasteiger partial charge on any atom is -0.359 e. The van der Waals surface area contributed by atoms with Gasteiger partial charge in [0.05, 0.1) is 0 Å². The van der Waals surface area contributed by atoms with E-state index in [0.717, 1.165) is 36.0 Å². The van der Waals surface area contributed by atoms with Gasteiger partial charge < -0.3 is 26.6 Å². The van der Waals surface area contributed by atoms with E-state index in [9.17, 15) is 24.0 Å². The molecule has 0 bridgehead atoms. The van der Waals surface area contributed by atoms with Crippen LogP contribution >= 0.6 is 0 Å². The summed E-state index contributed by atoms with van der Waals surface area (Å²) in [5.41, 5.74) is 14.1. The van der Waals surface area contributed by atoms with Crippen molar-refractivity contribution in [2.45, 2.75) is 180 Å². The summed E-state index contributed by atoms with van der Waals surface area (Å²) in [7, 11) is 1.58. The summed E-state index contributed by atoms with van der Waals surface area (Å²) in [5.74, 6) is -0.899. The van der Waals surface area contributed by atoms with Crippen molar-refractivity contribution in [1.82, 2.24) is 26.6 Å². The first kappa shape index (κ1) is 58.0. The van der Waals surface area contributed by atoms with E-state index in [-0.39, 0.29) is 51.2 Å². The predicted octanol–water partition coefficient (Wildman–Crippen LogP) is 12.5. The second-order valence-corrected chi connectivity index (χ2v) is 24.0. The second-order valence-electron chi connectivity index (χ2n) is 24.0. The maximum atomic E-state index is 13.7. The number of rotatable bonds is 23. The zero-order valence-corrected chi connectivity index (χ0v) is 47.2. The van der Waals surface area contributed by atoms with Crippen molar-refractivity contribution in [3.63, 3.8) is 0 Å². The maximum absolute atomic E-state index is 13.7. The highest BCUT2D eigenvalue weighted by Crippen LogP contribution is 2.48. The average Bonchev–Trinajstić information content (AvgIpc) is 3.38. The average molecular weight is 1020 g/mol. The van der Waals surface area contributed by atoms with Crippen molar-refractivity contribution in [2.75, 3.05) is 26.7 Å². The topological polar surface area (TPSA) is 146 Å². The lowest BCUT2D eigenvalue weighted by molar-refractivity contribution is -0.123. The normalized spacial score (nSPS) is 16.6. The fourth-order valence-corrected chi connectivity index (χ4v) is 10.7. The van der Waals surface area contributed by atoms with E-state index in [1.54, 1.807) is 19.2 Å². The Morgan fingerprint density at radius 3 is 1.37 bits per heavy atom. The second kappa shape index (κ2) is 25.5. The van der Waals surface area contributed by atoms with Crippen molar-refractivity contribution >= 4 is 52.8 Å². The molecule has 4 aromatic rings. The maximum Gasteiger partial charge on any atom is 0.251 e. The van der Waals surface area contributed by atoms with Gasteiger partial charge in [0.1, 0.15) is 6.04 Å². The predicted molar refractivity (Wildman–Crippen MR) is 309 cm³/mol. The van der Waals surface area contributed by atoms with Gasteiger partial charge in [-0.2, -0.15) is 0 Å². The molecule has 0 saturated carbocycles. The minimum absolute atomic E-state index is 0.0763. The SMILES string of the molecule is CNC(=O)CCCC(=O)NCCCCCNC(=O)C(CCCCNC(=O)c1ccc(/C=C(\C)c2ccc3c(c2)C(C)(C)CCC3(C)C)cc1)NC(=O)c1ccc(/C=C(\C)c2ccc3c(c2)C(C)(C)CCC3(C)C)cc1. The highest BCUT2D eigenvalue weighted by molar-refractivity contribution is 5.98. The molecule has 0 radical (unpaired) electrons. The molecule has 10 heteroatoms. The van der Waals surface area contributed by atoms with E-state index >= 15 is 0 Å². The molecular formula is C65H87N5O5. The molecule has 5 N–H and O–H groups in total. The van der Waals surface area contributed by atoms with Crippen LogP contribution in [0.4, 0.5) is 0 Å². The number of nitrogens with one attached hydrogen (secondary N) is 5. The lowest BCUT2D eigenvalue weighted by atomic mass is 9.63. The molecule has 1 atom stereocenters. The number of hydrogen-bond donors (Lipinski definition) is 5. The lowest BCUT2D eigenvalue weighted by Gasteiger charge is -2.42. The molecule has 0 heterocycles. The molecule has 0 saturated heterocycles. The number of carbonyl (C=O) groups is 5. The molecular weight excluding hydrogens is 931 g/mol. The van der Waals surface area contributed by atoms with Crippen LogP contribution in [0.3, 0.4) is 0 Å². The number of fused-ring (bicyclic) bond motifs is 2. The quantitative estimate of drug-likeness (QED) is 0.0371. The Morgan fingerprint density at radius 1 is 0.467 bits per heavy atom. The largest absolute Gasteiger partial charge is 0.359 e. The van der Waals surface area contributed by atoms with E-state index in [1.165, 1.54) is 58.2 Å². The molecule has 402 valence electrons. The zero-order chi connectivity index (χ0) is 54.6. The molecule has 0 spiro atoms. The lowest BCUT2D eigenvalue weighted by Crippen LogP contribution is -2.47. The number of hydrogen-bond acceptors (Lipinski definition) is 5. The van der Waals surface area contributed by atoms with Gasteiger partial charge in [0.25, 0.3) is 11.8 Å². The van der Waals surface area contributed by atoms with Gasteiger partial charge in [0.2, 0.25) is 17.7 Å². The Hall–Kier alpha value is -6.29. The van der Waals surface area contributed by atoms with Crippen LogP contribution in [0.5, 0.6) is 0 Å². The number of unbranched alkanes of at least 4 members (excludes halogenated alkanes) is 3. The van der Waals surface area contributed by atoms with Gasteiger partial charge >= 0.3 is 0 Å². The summed E-state index contributed by atoms with van der Waals surface area (Å²) in [6.07, 6.45) is 14.0. The van der Waals surface area contributed by atoms with Crippen molar-refractivity contribution < 1.29 is 24.0 Å². The Labute approximate surface area is 449 Å². The molecule has 2 aliphatic carbocycles. The van der Waals surface area contributed by atoms with Crippen LogP contribution in [0.1, 0.15) is 218 Å². The molecule has 6 rings (SSSR count). The summed E-state index contributed by atoms with van der Waals surface area (Å²) < 4.78 is 0. The van der Waals surface area contributed by atoms with Crippen LogP contribution in [-0.4, -0.2) is 62.3 Å². The Bertz CT molecular complexity index is 2720. The highest BCUT2D eigenvalue weighted by atomic mass is 16.2. The van der Waals surface area contributed by atoms with Gasteiger partial charge in [0.15, 0.2) is 0 Å². The fraction of sp³-hybridized carbons (Fsp3) is 0.492. The Morgan fingerprint density at radius 2 is 0.880 bits per heavy atom. The van der Waals surface area contributed by atoms with Crippen molar-refractivity contribution in [3.8, 4) is 0 Å². The fourth-order valence-electron chi connectivity index (χ4n) is 10.7. The van der Waals surface area contributed by atoms with Crippen LogP contribution in [0.2, 0.25) is 0 Å². The van der Waals surface area contributed by atoms with Gasteiger partial charge in [-0.1, -0.05) is 128 Å². The minimum atomic E-state index is -0.772. The first-order valence-electron chi connectivity index (χ1n) is 27.7. The smallest absolute Gasteiger partial charge is 0.251 e. The van der Waals surface area contributed by atoms with Gasteiger partial charge in [-0.05, 0) is 186 Å². The van der Waals surface area contributed by atoms with Crippen LogP contribution in [0.15, 0.2) is 84.9 Å². The zero-order valence-electron chi connectivity index (χ0n) is 47.2. The Balaban J connectivity index is 1.02. The first-order valence-corrected chi connectivity index (χ1v) is 27.7. The molecule has 0 aromatic heterocycles. The van der Waals surface area contributed by atoms with Crippen LogP contribution in [0.25, 0.3) is 23.3 Å². The number of carbonyl (C=O) groups excluding carboxylic acids is 5. The van der Waals surface area contributed by atoms with Gasteiger partial charge in [0, 0.05) is 50.7 Å². The molecule has 5 amide bonds. The molecule has 1 unspecified atom stereocenters. The van der Waals surface area contributed by atoms with E-state index in [2.05, 4.69) is 144 Å². The summed E-state index contributed by atoms with van der Waals surface area (Å²) in [6.45, 7) is 24.4. The number of amides is 5. The van der Waals surface area contributed by atoms with Crippen molar-refractivity contribution in [1.29, 1.82) is 0 Å². The summed E-state index contributed by atoms with van der Waals surface area (Å²) in [6, 6.07) is 28.2. The number of allylic oxidation sites excluding steroid dienone is 2. The monoisotopic (exact) mass is 1020 g/mol. The van der Waals surface area contributed by atoms with Gasteiger partial charge in [-0.15, -0.1) is 0 Å². The standard InChI is InChI=1S/C65H87N5O5/c1-44(50-29-31-52-54(42-50)64(7,8)35-33-62(52,3)4)40-46-21-25-48(26-22-46)59(73)68-39-16-13-18-56(61(75)69-38-15-12-14-37-67-58(72)20-17-19-57(71)66-11)70-60(74)49-27-23-47(24-28-49)41-45(2)51-30-32-53-55(43-51)65(9,10)36-34-63(53,5)6/h21-32,40-43,56H,12-20,33-39H2,1-11H3,(H,66,71)(H,67,72)(H,68,73)(H,69,75)(H,70,74)/b44-40+,45-41+. The van der Waals surface area contributed by atoms with Crippen LogP contribution in [0, 0.1) is 0 Å². The summed E-state index contributed by atoms with van der Waals surface area (Å²) in [4.78, 5) is 64.2. The molecule has 0 aliphatic heterocycles. The van der Waals surface area contributed by atoms with Crippen LogP contribution in [-0.2, 0) is 36.0 Å². The third-order valence-corrected chi connectivity index (χ3v) is 16.1. The van der Waals surface area contributed by atoms with E-state index in [0.29, 0.717) is 75.7 Å². The van der Waals surface area contributed by atoms with Crippen molar-refractivity contribution in [3.05, 3.63) is 141 Å². The first-order chi connectivity index (χ1) is 35.5. The molecule has 10 nitrogen and oxygen atoms in total. The molecule has 2 aliphatic rings. The van der Waals surface area contributed by atoms with Gasteiger partial charge in [-0.25, -0.2) is 0 Å². The summed E-state index contributed by atoms with van der Waals surface area (Å²) in [5, 5.41) is 14.5. The third-order valence-electron chi connectivity index (χ3n) is 16.1. The third kappa shape index (κ3) is 15.9. The summed E-state index contributed by atoms with van der Waals surface area (Å²) >= 11 is 0. The molecule has 0 fully saturated rings. The number of benzene rings is 4. The van der Waals surface area contributed by atoms with E-state index in [1.807, 2.05) is 36.4 Å². The van der Waals surface area contributed by atoms with Gasteiger partial charge in [-0.3, -0.25) is 24.0 Å². The van der Waals surface area contributed by atoms with Crippen LogP contribution < -0.4 is 26.6 Å². The van der Waals surface area contributed by atoms with E-state index < -0.39 is 6.04 Å². The Kier molecular flexibility index (Phi) is 19.7. The molecule has 75 heavy (non-hydrogen) atoms.